The first-order valence-electron chi connectivity index (χ1n) is 11.6. The van der Waals surface area contributed by atoms with Gasteiger partial charge in [-0.3, -0.25) is 9.36 Å². The maximum absolute atomic E-state index is 13.2. The van der Waals surface area contributed by atoms with E-state index < -0.39 is 0 Å². The van der Waals surface area contributed by atoms with Crippen molar-refractivity contribution in [2.75, 3.05) is 13.1 Å². The van der Waals surface area contributed by atoms with Crippen LogP contribution in [0.25, 0.3) is 5.69 Å². The van der Waals surface area contributed by atoms with Gasteiger partial charge in [-0.1, -0.05) is 31.0 Å². The molecule has 5 rings (SSSR count). The number of carbonyl (C=O) groups is 1. The fraction of sp³-hybridized carbons (Fsp3) is 0.500. The molecule has 0 bridgehead atoms. The molecule has 8 heteroatoms. The fourth-order valence-electron chi connectivity index (χ4n) is 5.24. The van der Waals surface area contributed by atoms with Gasteiger partial charge in [0.1, 0.15) is 5.82 Å². The predicted octanol–water partition coefficient (Wildman–Crippen LogP) is 3.21. The number of amides is 1. The zero-order chi connectivity index (χ0) is 22.2. The molecule has 1 saturated carbocycles. The number of nitrogens with zero attached hydrogens (tertiary/aromatic N) is 6. The Kier molecular flexibility index (Phi) is 5.45. The second kappa shape index (κ2) is 8.41. The summed E-state index contributed by atoms with van der Waals surface area (Å²) in [6.45, 7) is 3.26. The Labute approximate surface area is 187 Å². The van der Waals surface area contributed by atoms with E-state index >= 15 is 0 Å². The number of hydrogen-bond donors (Lipinski definition) is 0. The molecule has 0 radical (unpaired) electrons. The van der Waals surface area contributed by atoms with Gasteiger partial charge >= 0.3 is 5.69 Å². The third-order valence-corrected chi connectivity index (χ3v) is 7.06. The summed E-state index contributed by atoms with van der Waals surface area (Å²) >= 11 is 0. The molecule has 0 spiro atoms. The minimum atomic E-state index is -0.00523. The highest BCUT2D eigenvalue weighted by molar-refractivity contribution is 5.95. The van der Waals surface area contributed by atoms with Gasteiger partial charge in [-0.25, -0.2) is 14.2 Å². The monoisotopic (exact) mass is 434 g/mol. The smallest absolute Gasteiger partial charge is 0.338 e. The van der Waals surface area contributed by atoms with Crippen molar-refractivity contribution in [2.24, 2.45) is 7.05 Å². The zero-order valence-corrected chi connectivity index (χ0v) is 18.8. The molecule has 1 saturated heterocycles. The minimum Gasteiger partial charge on any atom is -0.338 e. The summed E-state index contributed by atoms with van der Waals surface area (Å²) in [5.74, 6) is 1.14. The Balaban J connectivity index is 1.31. The van der Waals surface area contributed by atoms with Crippen LogP contribution in [-0.4, -0.2) is 48.0 Å². The molecule has 1 aromatic carbocycles. The number of likely N-dealkylation sites (tertiary alicyclic amines) is 1. The van der Waals surface area contributed by atoms with Gasteiger partial charge in [0.2, 0.25) is 0 Å². The molecule has 1 aliphatic carbocycles. The number of aromatic nitrogens is 5. The third-order valence-electron chi connectivity index (χ3n) is 7.06. The molecule has 2 fully saturated rings. The van der Waals surface area contributed by atoms with Crippen LogP contribution in [0.15, 0.2) is 41.3 Å². The Morgan fingerprint density at radius 3 is 2.41 bits per heavy atom. The average Bonchev–Trinajstić information content (AvgIpc) is 3.54. The first-order chi connectivity index (χ1) is 15.5. The molecule has 2 aromatic heterocycles. The van der Waals surface area contributed by atoms with E-state index in [1.54, 1.807) is 13.2 Å². The van der Waals surface area contributed by atoms with Gasteiger partial charge in [-0.05, 0) is 44.7 Å². The largest absolute Gasteiger partial charge is 0.345 e. The molecule has 32 heavy (non-hydrogen) atoms. The first-order valence-corrected chi connectivity index (χ1v) is 11.6. The summed E-state index contributed by atoms with van der Waals surface area (Å²) in [6, 6.07) is 10.1. The molecular weight excluding hydrogens is 404 g/mol. The van der Waals surface area contributed by atoms with Crippen molar-refractivity contribution in [3.05, 3.63) is 64.1 Å². The van der Waals surface area contributed by atoms with Gasteiger partial charge in [0.15, 0.2) is 0 Å². The van der Waals surface area contributed by atoms with Gasteiger partial charge in [0.05, 0.1) is 23.1 Å². The summed E-state index contributed by atoms with van der Waals surface area (Å²) in [5, 5.41) is 9.06. The van der Waals surface area contributed by atoms with Crippen LogP contribution in [-0.2, 0) is 7.05 Å². The Morgan fingerprint density at radius 2 is 1.72 bits per heavy atom. The number of carbonyl (C=O) groups excluding carboxylic acids is 1. The highest BCUT2D eigenvalue weighted by Gasteiger charge is 2.32. The summed E-state index contributed by atoms with van der Waals surface area (Å²) in [5.41, 5.74) is 2.44. The maximum Gasteiger partial charge on any atom is 0.345 e. The van der Waals surface area contributed by atoms with Crippen molar-refractivity contribution in [3.63, 3.8) is 0 Å². The summed E-state index contributed by atoms with van der Waals surface area (Å²) in [7, 11) is 1.74. The van der Waals surface area contributed by atoms with E-state index in [2.05, 4.69) is 10.2 Å². The van der Waals surface area contributed by atoms with Gasteiger partial charge in [0, 0.05) is 32.1 Å². The van der Waals surface area contributed by atoms with Crippen LogP contribution in [0.2, 0.25) is 0 Å². The second-order valence-corrected chi connectivity index (χ2v) is 9.03. The highest BCUT2D eigenvalue weighted by atomic mass is 16.2. The van der Waals surface area contributed by atoms with Crippen LogP contribution in [0.4, 0.5) is 0 Å². The molecule has 0 atom stereocenters. The lowest BCUT2D eigenvalue weighted by molar-refractivity contribution is 0.0709. The van der Waals surface area contributed by atoms with Crippen LogP contribution < -0.4 is 5.69 Å². The average molecular weight is 435 g/mol. The topological polar surface area (TPSA) is 78.0 Å². The summed E-state index contributed by atoms with van der Waals surface area (Å²) in [4.78, 5) is 27.9. The molecule has 2 aliphatic rings. The number of aryl methyl sites for hydroxylation is 1. The van der Waals surface area contributed by atoms with Crippen LogP contribution in [0.1, 0.15) is 72.4 Å². The molecule has 8 nitrogen and oxygen atoms in total. The van der Waals surface area contributed by atoms with Crippen molar-refractivity contribution in [1.29, 1.82) is 0 Å². The van der Waals surface area contributed by atoms with E-state index in [1.165, 1.54) is 17.5 Å². The van der Waals surface area contributed by atoms with Crippen molar-refractivity contribution in [2.45, 2.75) is 57.4 Å². The lowest BCUT2D eigenvalue weighted by atomic mass is 9.95. The van der Waals surface area contributed by atoms with Gasteiger partial charge in [-0.15, -0.1) is 0 Å². The standard InChI is InChI=1S/C24H30N6O2/c1-17-21(16-25-30(17)20-10-4-3-5-11-20)23(31)28-14-12-18(13-15-28)22-26-27(2)24(32)29(22)19-8-6-7-9-19/h3-5,10-11,16,18-19H,6-9,12-15H2,1-2H3. The molecule has 3 heterocycles. The van der Waals surface area contributed by atoms with Crippen molar-refractivity contribution >= 4 is 5.91 Å². The van der Waals surface area contributed by atoms with E-state index in [4.69, 9.17) is 0 Å². The molecule has 1 aliphatic heterocycles. The fourth-order valence-corrected chi connectivity index (χ4v) is 5.24. The lowest BCUT2D eigenvalue weighted by Gasteiger charge is -2.32. The number of piperidine rings is 1. The van der Waals surface area contributed by atoms with Gasteiger partial charge in [0.25, 0.3) is 5.91 Å². The van der Waals surface area contributed by atoms with E-state index in [9.17, 15) is 9.59 Å². The van der Waals surface area contributed by atoms with E-state index in [1.807, 2.05) is 51.4 Å². The van der Waals surface area contributed by atoms with Crippen LogP contribution in [0.5, 0.6) is 0 Å². The molecule has 0 unspecified atom stereocenters. The predicted molar refractivity (Wildman–Crippen MR) is 121 cm³/mol. The Bertz CT molecular complexity index is 1160. The second-order valence-electron chi connectivity index (χ2n) is 9.03. The first kappa shape index (κ1) is 20.7. The van der Waals surface area contributed by atoms with Crippen molar-refractivity contribution in [1.82, 2.24) is 29.0 Å². The molecule has 0 N–H and O–H groups in total. The lowest BCUT2D eigenvalue weighted by Crippen LogP contribution is -2.39. The quantitative estimate of drug-likeness (QED) is 0.632. The highest BCUT2D eigenvalue weighted by Crippen LogP contribution is 2.34. The number of para-hydroxylation sites is 1. The SMILES string of the molecule is Cc1c(C(=O)N2CCC(c3nn(C)c(=O)n3C3CCCC3)CC2)cnn1-c1ccccc1. The Morgan fingerprint density at radius 1 is 1.03 bits per heavy atom. The number of benzene rings is 1. The number of hydrogen-bond acceptors (Lipinski definition) is 4. The molecular formula is C24H30N6O2. The van der Waals surface area contributed by atoms with Crippen LogP contribution in [0, 0.1) is 6.92 Å². The maximum atomic E-state index is 13.2. The van der Waals surface area contributed by atoms with Gasteiger partial charge in [-0.2, -0.15) is 10.2 Å². The zero-order valence-electron chi connectivity index (χ0n) is 18.8. The normalized spacial score (nSPS) is 17.9. The third kappa shape index (κ3) is 3.57. The molecule has 168 valence electrons. The van der Waals surface area contributed by atoms with E-state index in [0.29, 0.717) is 18.7 Å². The molecule has 3 aromatic rings. The Hall–Kier alpha value is -3.16. The van der Waals surface area contributed by atoms with Crippen LogP contribution in [0.3, 0.4) is 0 Å². The summed E-state index contributed by atoms with van der Waals surface area (Å²) < 4.78 is 5.24. The van der Waals surface area contributed by atoms with E-state index in [0.717, 1.165) is 42.9 Å². The number of rotatable bonds is 4. The van der Waals surface area contributed by atoms with Crippen molar-refractivity contribution < 1.29 is 4.79 Å². The van der Waals surface area contributed by atoms with Gasteiger partial charge < -0.3 is 4.90 Å². The molecule has 1 amide bonds. The summed E-state index contributed by atoms with van der Waals surface area (Å²) in [6.07, 6.45) is 7.78. The van der Waals surface area contributed by atoms with E-state index in [-0.39, 0.29) is 23.6 Å². The van der Waals surface area contributed by atoms with Crippen molar-refractivity contribution in [3.8, 4) is 5.69 Å². The minimum absolute atomic E-state index is 0.00523. The van der Waals surface area contributed by atoms with Crippen LogP contribution >= 0.6 is 0 Å².